The van der Waals surface area contributed by atoms with E-state index in [1.165, 1.54) is 0 Å². The van der Waals surface area contributed by atoms with Gasteiger partial charge in [0.05, 0.1) is 0 Å². The molecule has 0 aromatic heterocycles. The second kappa shape index (κ2) is 8.59. The summed E-state index contributed by atoms with van der Waals surface area (Å²) in [6.45, 7) is 3.60. The van der Waals surface area contributed by atoms with E-state index in [0.29, 0.717) is 12.8 Å². The summed E-state index contributed by atoms with van der Waals surface area (Å²) in [6, 6.07) is 0. The van der Waals surface area contributed by atoms with Gasteiger partial charge in [0.2, 0.25) is 0 Å². The molecule has 15 heavy (non-hydrogen) atoms. The summed E-state index contributed by atoms with van der Waals surface area (Å²) in [5.41, 5.74) is 0. The van der Waals surface area contributed by atoms with Gasteiger partial charge >= 0.3 is 11.9 Å². The molecular formula is C10H18O4S. The zero-order valence-corrected chi connectivity index (χ0v) is 10.0. The maximum Gasteiger partial charge on any atom is 0.305 e. The molecule has 0 bridgehead atoms. The van der Waals surface area contributed by atoms with E-state index in [0.717, 1.165) is 11.5 Å². The number of hydrogen-bond acceptors (Lipinski definition) is 4. The Kier molecular flexibility index (Phi) is 8.18. The zero-order chi connectivity index (χ0) is 11.7. The molecule has 0 spiro atoms. The molecule has 1 N–H and O–H groups in total. The minimum atomic E-state index is -0.763. The maximum atomic E-state index is 10.9. The van der Waals surface area contributed by atoms with Gasteiger partial charge in [-0.3, -0.25) is 9.59 Å². The molecule has 0 aromatic carbocycles. The van der Waals surface area contributed by atoms with Crippen molar-refractivity contribution in [3.05, 3.63) is 0 Å². The van der Waals surface area contributed by atoms with E-state index in [9.17, 15) is 9.59 Å². The van der Waals surface area contributed by atoms with Crippen LogP contribution in [-0.4, -0.2) is 34.7 Å². The van der Waals surface area contributed by atoms with Crippen molar-refractivity contribution in [3.8, 4) is 0 Å². The topological polar surface area (TPSA) is 63.6 Å². The molecule has 1 unspecified atom stereocenters. The molecule has 88 valence electrons. The fourth-order valence-electron chi connectivity index (χ4n) is 0.916. The Morgan fingerprint density at radius 2 is 2.13 bits per heavy atom. The zero-order valence-electron chi connectivity index (χ0n) is 9.19. The van der Waals surface area contributed by atoms with Gasteiger partial charge in [0.1, 0.15) is 6.10 Å². The monoisotopic (exact) mass is 234 g/mol. The van der Waals surface area contributed by atoms with Crippen molar-refractivity contribution >= 4 is 23.7 Å². The Hall–Kier alpha value is -0.710. The van der Waals surface area contributed by atoms with Crippen LogP contribution < -0.4 is 0 Å². The smallest absolute Gasteiger partial charge is 0.305 e. The van der Waals surface area contributed by atoms with Crippen LogP contribution in [0.3, 0.4) is 0 Å². The molecule has 0 rings (SSSR count). The van der Waals surface area contributed by atoms with Gasteiger partial charge in [0.15, 0.2) is 0 Å². The molecule has 0 aliphatic rings. The van der Waals surface area contributed by atoms with Gasteiger partial charge in [0, 0.05) is 18.6 Å². The minimum Gasteiger partial charge on any atom is -0.481 e. The molecular weight excluding hydrogens is 216 g/mol. The number of carbonyl (C=O) groups is 2. The van der Waals surface area contributed by atoms with Gasteiger partial charge in [-0.1, -0.05) is 6.92 Å². The summed E-state index contributed by atoms with van der Waals surface area (Å²) >= 11 is 1.62. The summed E-state index contributed by atoms with van der Waals surface area (Å²) in [5.74, 6) is 0.570. The molecule has 4 nitrogen and oxygen atoms in total. The van der Waals surface area contributed by atoms with Crippen LogP contribution in [0.2, 0.25) is 0 Å². The highest BCUT2D eigenvalue weighted by atomic mass is 32.2. The van der Waals surface area contributed by atoms with Crippen LogP contribution in [0.1, 0.15) is 33.1 Å². The summed E-state index contributed by atoms with van der Waals surface area (Å²) in [5, 5.41) is 8.39. The van der Waals surface area contributed by atoms with Crippen LogP contribution in [0.5, 0.6) is 0 Å². The van der Waals surface area contributed by atoms with Gasteiger partial charge in [-0.15, -0.1) is 0 Å². The Balaban J connectivity index is 3.35. The van der Waals surface area contributed by atoms with Gasteiger partial charge in [-0.2, -0.15) is 11.8 Å². The third-order valence-electron chi connectivity index (χ3n) is 1.65. The lowest BCUT2D eigenvalue weighted by Gasteiger charge is -2.11. The molecule has 0 aliphatic heterocycles. The van der Waals surface area contributed by atoms with Gasteiger partial charge in [-0.05, 0) is 19.1 Å². The third kappa shape index (κ3) is 9.59. The lowest BCUT2D eigenvalue weighted by Crippen LogP contribution is -2.16. The second-order valence-corrected chi connectivity index (χ2v) is 4.38. The Morgan fingerprint density at radius 3 is 2.67 bits per heavy atom. The van der Waals surface area contributed by atoms with Gasteiger partial charge < -0.3 is 9.84 Å². The molecule has 0 fully saturated rings. The lowest BCUT2D eigenvalue weighted by atomic mass is 10.3. The third-order valence-corrected chi connectivity index (χ3v) is 2.94. The van der Waals surface area contributed by atoms with E-state index in [2.05, 4.69) is 0 Å². The van der Waals surface area contributed by atoms with Crippen molar-refractivity contribution in [2.24, 2.45) is 0 Å². The fourth-order valence-corrected chi connectivity index (χ4v) is 1.83. The fraction of sp³-hybridized carbons (Fsp3) is 0.800. The Bertz CT molecular complexity index is 206. The number of ether oxygens (including phenoxy) is 1. The van der Waals surface area contributed by atoms with Crippen LogP contribution >= 0.6 is 11.8 Å². The summed E-state index contributed by atoms with van der Waals surface area (Å²) in [6.07, 6.45) is 1.17. The molecule has 0 saturated heterocycles. The van der Waals surface area contributed by atoms with E-state index in [1.54, 1.807) is 18.7 Å². The number of esters is 1. The predicted molar refractivity (Wildman–Crippen MR) is 60.0 cm³/mol. The van der Waals surface area contributed by atoms with E-state index < -0.39 is 5.97 Å². The van der Waals surface area contributed by atoms with Crippen LogP contribution in [0.25, 0.3) is 0 Å². The predicted octanol–water partition coefficient (Wildman–Crippen LogP) is 1.93. The van der Waals surface area contributed by atoms with E-state index >= 15 is 0 Å². The molecule has 1 atom stereocenters. The first-order chi connectivity index (χ1) is 7.06. The summed E-state index contributed by atoms with van der Waals surface area (Å²) in [4.78, 5) is 21.1. The number of carboxylic acid groups (broad SMARTS) is 1. The quantitative estimate of drug-likeness (QED) is 0.513. The number of thioether (sulfide) groups is 1. The first-order valence-corrected chi connectivity index (χ1v) is 6.20. The molecule has 5 heteroatoms. The van der Waals surface area contributed by atoms with Gasteiger partial charge in [0.25, 0.3) is 0 Å². The van der Waals surface area contributed by atoms with Crippen LogP contribution in [0, 0.1) is 0 Å². The molecule has 0 heterocycles. The number of hydrogen-bond donors (Lipinski definition) is 1. The molecule has 0 radical (unpaired) electrons. The standard InChI is InChI=1S/C10H18O4S/c1-3-10(13)14-8(2)7-15-6-4-5-9(11)12/h8H,3-7H2,1-2H3,(H,11,12). The molecule has 0 saturated carbocycles. The van der Waals surface area contributed by atoms with Crippen LogP contribution in [0.15, 0.2) is 0 Å². The highest BCUT2D eigenvalue weighted by molar-refractivity contribution is 7.99. The van der Waals surface area contributed by atoms with E-state index in [1.807, 2.05) is 6.92 Å². The lowest BCUT2D eigenvalue weighted by molar-refractivity contribution is -0.146. The average molecular weight is 234 g/mol. The molecule has 0 aliphatic carbocycles. The number of carboxylic acids is 1. The highest BCUT2D eigenvalue weighted by Crippen LogP contribution is 2.09. The highest BCUT2D eigenvalue weighted by Gasteiger charge is 2.07. The minimum absolute atomic E-state index is 0.0905. The normalized spacial score (nSPS) is 12.1. The maximum absolute atomic E-state index is 10.9. The summed E-state index contributed by atoms with van der Waals surface area (Å²) in [7, 11) is 0. The van der Waals surface area contributed by atoms with E-state index in [4.69, 9.17) is 9.84 Å². The first kappa shape index (κ1) is 14.3. The summed E-state index contributed by atoms with van der Waals surface area (Å²) < 4.78 is 5.05. The van der Waals surface area contributed by atoms with Crippen LogP contribution in [-0.2, 0) is 14.3 Å². The van der Waals surface area contributed by atoms with Crippen LogP contribution in [0.4, 0.5) is 0 Å². The largest absolute Gasteiger partial charge is 0.481 e. The Morgan fingerprint density at radius 1 is 1.47 bits per heavy atom. The van der Waals surface area contributed by atoms with Crippen molar-refractivity contribution in [3.63, 3.8) is 0 Å². The SMILES string of the molecule is CCC(=O)OC(C)CSCCCC(=O)O. The number of rotatable bonds is 8. The van der Waals surface area contributed by atoms with Crippen molar-refractivity contribution in [1.82, 2.24) is 0 Å². The average Bonchev–Trinajstić information content (AvgIpc) is 2.16. The van der Waals surface area contributed by atoms with Crippen molar-refractivity contribution in [2.75, 3.05) is 11.5 Å². The van der Waals surface area contributed by atoms with Gasteiger partial charge in [-0.25, -0.2) is 0 Å². The first-order valence-electron chi connectivity index (χ1n) is 5.05. The second-order valence-electron chi connectivity index (χ2n) is 3.23. The number of aliphatic carboxylic acids is 1. The van der Waals surface area contributed by atoms with Crippen molar-refractivity contribution < 1.29 is 19.4 Å². The molecule has 0 aromatic rings. The Labute approximate surface area is 94.4 Å². The number of carbonyl (C=O) groups excluding carboxylic acids is 1. The van der Waals surface area contributed by atoms with Crippen molar-refractivity contribution in [2.45, 2.75) is 39.2 Å². The van der Waals surface area contributed by atoms with E-state index in [-0.39, 0.29) is 18.5 Å². The molecule has 0 amide bonds. The van der Waals surface area contributed by atoms with Crippen molar-refractivity contribution in [1.29, 1.82) is 0 Å².